The topological polar surface area (TPSA) is 28.4 Å². The lowest BCUT2D eigenvalue weighted by molar-refractivity contribution is 0.143. The normalized spacial score (nSPS) is 18.2. The minimum Gasteiger partial charge on any atom is -0.468 e. The number of likely N-dealkylation sites (tertiary alicyclic amines) is 1. The number of rotatable bonds is 6. The van der Waals surface area contributed by atoms with E-state index in [1.165, 1.54) is 37.9 Å². The summed E-state index contributed by atoms with van der Waals surface area (Å²) in [6, 6.07) is 4.46. The van der Waals surface area contributed by atoms with Crippen LogP contribution in [0, 0.1) is 0 Å². The van der Waals surface area contributed by atoms with Gasteiger partial charge in [-0.1, -0.05) is 18.1 Å². The Morgan fingerprint density at radius 3 is 2.79 bits per heavy atom. The van der Waals surface area contributed by atoms with Gasteiger partial charge in [0.25, 0.3) is 0 Å². The molecule has 1 fully saturated rings. The van der Waals surface area contributed by atoms with E-state index < -0.39 is 0 Å². The average Bonchev–Trinajstić information content (AvgIpc) is 2.93. The van der Waals surface area contributed by atoms with Crippen molar-refractivity contribution in [2.45, 2.75) is 39.2 Å². The molecular weight excluding hydrogens is 236 g/mol. The Morgan fingerprint density at radius 2 is 2.16 bits per heavy atom. The van der Waals surface area contributed by atoms with E-state index in [1.54, 1.807) is 6.26 Å². The zero-order valence-corrected chi connectivity index (χ0v) is 12.2. The highest BCUT2D eigenvalue weighted by atomic mass is 16.3. The van der Waals surface area contributed by atoms with Crippen molar-refractivity contribution in [1.82, 2.24) is 10.2 Å². The minimum absolute atomic E-state index is 0.376. The molecule has 3 heteroatoms. The zero-order valence-electron chi connectivity index (χ0n) is 12.2. The van der Waals surface area contributed by atoms with Crippen LogP contribution in [0.4, 0.5) is 0 Å². The number of nitrogens with zero attached hydrogens (tertiary/aromatic N) is 1. The molecule has 1 aliphatic heterocycles. The first kappa shape index (κ1) is 14.4. The van der Waals surface area contributed by atoms with Crippen LogP contribution in [-0.4, -0.2) is 31.1 Å². The van der Waals surface area contributed by atoms with E-state index in [2.05, 4.69) is 36.2 Å². The van der Waals surface area contributed by atoms with Crippen molar-refractivity contribution in [2.24, 2.45) is 0 Å². The van der Waals surface area contributed by atoms with Crippen LogP contribution in [0.25, 0.3) is 0 Å². The van der Waals surface area contributed by atoms with Gasteiger partial charge in [-0.2, -0.15) is 0 Å². The van der Waals surface area contributed by atoms with Crippen LogP contribution in [0.5, 0.6) is 0 Å². The van der Waals surface area contributed by atoms with Crippen molar-refractivity contribution < 1.29 is 4.42 Å². The van der Waals surface area contributed by atoms with E-state index in [9.17, 15) is 0 Å². The minimum atomic E-state index is 0.376. The van der Waals surface area contributed by atoms with Crippen molar-refractivity contribution >= 4 is 0 Å². The first-order valence-electron chi connectivity index (χ1n) is 7.39. The zero-order chi connectivity index (χ0) is 13.5. The Morgan fingerprint density at radius 1 is 1.37 bits per heavy atom. The maximum Gasteiger partial charge on any atom is 0.122 e. The molecule has 1 N–H and O–H groups in total. The molecule has 3 nitrogen and oxygen atoms in total. The van der Waals surface area contributed by atoms with Gasteiger partial charge < -0.3 is 9.73 Å². The number of piperidine rings is 1. The molecule has 2 heterocycles. The summed E-state index contributed by atoms with van der Waals surface area (Å²) in [5.41, 5.74) is 1.36. The summed E-state index contributed by atoms with van der Waals surface area (Å²) in [5, 5.41) is 3.52. The fraction of sp³-hybridized carbons (Fsp3) is 0.625. The summed E-state index contributed by atoms with van der Waals surface area (Å²) >= 11 is 0. The van der Waals surface area contributed by atoms with Gasteiger partial charge >= 0.3 is 0 Å². The van der Waals surface area contributed by atoms with Gasteiger partial charge in [0.15, 0.2) is 0 Å². The van der Waals surface area contributed by atoms with E-state index in [1.807, 2.05) is 6.07 Å². The average molecular weight is 262 g/mol. The van der Waals surface area contributed by atoms with Gasteiger partial charge in [0.2, 0.25) is 0 Å². The third-order valence-corrected chi connectivity index (χ3v) is 3.70. The van der Waals surface area contributed by atoms with Crippen molar-refractivity contribution in [3.05, 3.63) is 35.8 Å². The number of furan rings is 1. The fourth-order valence-corrected chi connectivity index (χ4v) is 2.62. The number of nitrogens with one attached hydrogen (secondary N) is 1. The molecule has 1 atom stereocenters. The summed E-state index contributed by atoms with van der Waals surface area (Å²) in [5.74, 6) is 1.09. The van der Waals surface area contributed by atoms with Gasteiger partial charge in [0.05, 0.1) is 12.3 Å². The molecule has 1 unspecified atom stereocenters. The molecule has 0 radical (unpaired) electrons. The van der Waals surface area contributed by atoms with Crippen molar-refractivity contribution in [3.8, 4) is 0 Å². The first-order valence-corrected chi connectivity index (χ1v) is 7.39. The Labute approximate surface area is 116 Å². The highest BCUT2D eigenvalue weighted by Crippen LogP contribution is 2.24. The Bertz CT molecular complexity index is 373. The van der Waals surface area contributed by atoms with Gasteiger partial charge in [0, 0.05) is 13.1 Å². The summed E-state index contributed by atoms with van der Waals surface area (Å²) in [6.45, 7) is 8.54. The Kier molecular flexibility index (Phi) is 5.67. The second kappa shape index (κ2) is 7.51. The number of hydrogen-bond donors (Lipinski definition) is 1. The molecule has 19 heavy (non-hydrogen) atoms. The molecule has 2 rings (SSSR count). The second-order valence-corrected chi connectivity index (χ2v) is 5.57. The maximum atomic E-state index is 5.63. The van der Waals surface area contributed by atoms with Crippen LogP contribution >= 0.6 is 0 Å². The molecule has 1 aliphatic rings. The summed E-state index contributed by atoms with van der Waals surface area (Å²) in [7, 11) is 0. The van der Waals surface area contributed by atoms with E-state index >= 15 is 0 Å². The Balaban J connectivity index is 1.92. The molecule has 0 saturated carbocycles. The quantitative estimate of drug-likeness (QED) is 0.629. The molecule has 0 aromatic carbocycles. The van der Waals surface area contributed by atoms with E-state index in [4.69, 9.17) is 4.42 Å². The first-order chi connectivity index (χ1) is 9.27. The highest BCUT2D eigenvalue weighted by molar-refractivity contribution is 5.06. The molecule has 0 amide bonds. The van der Waals surface area contributed by atoms with Crippen LogP contribution in [0.2, 0.25) is 0 Å². The maximum absolute atomic E-state index is 5.63. The van der Waals surface area contributed by atoms with Crippen molar-refractivity contribution in [2.75, 3.05) is 26.2 Å². The van der Waals surface area contributed by atoms with E-state index in [0.29, 0.717) is 6.04 Å². The van der Waals surface area contributed by atoms with Crippen LogP contribution in [-0.2, 0) is 0 Å². The monoisotopic (exact) mass is 262 g/mol. The summed E-state index contributed by atoms with van der Waals surface area (Å²) in [4.78, 5) is 2.55. The SMILES string of the molecule is CC(C)=CCNCC(c1ccco1)N1CCCCC1. The van der Waals surface area contributed by atoms with E-state index in [0.717, 1.165) is 18.8 Å². The smallest absolute Gasteiger partial charge is 0.122 e. The standard InChI is InChI=1S/C16H26N2O/c1-14(2)8-9-17-13-15(16-7-6-12-19-16)18-10-4-3-5-11-18/h6-8,12,15,17H,3-5,9-11,13H2,1-2H3. The highest BCUT2D eigenvalue weighted by Gasteiger charge is 2.23. The van der Waals surface area contributed by atoms with Gasteiger partial charge in [-0.25, -0.2) is 0 Å². The fourth-order valence-electron chi connectivity index (χ4n) is 2.62. The Hall–Kier alpha value is -1.06. The molecule has 106 valence electrons. The largest absolute Gasteiger partial charge is 0.468 e. The van der Waals surface area contributed by atoms with Gasteiger partial charge in [-0.15, -0.1) is 0 Å². The van der Waals surface area contributed by atoms with Crippen LogP contribution in [0.3, 0.4) is 0 Å². The van der Waals surface area contributed by atoms with Crippen LogP contribution in [0.1, 0.15) is 44.9 Å². The summed E-state index contributed by atoms with van der Waals surface area (Å²) in [6.07, 6.45) is 8.00. The number of allylic oxidation sites excluding steroid dienone is 1. The molecule has 0 spiro atoms. The molecule has 0 bridgehead atoms. The second-order valence-electron chi connectivity index (χ2n) is 5.57. The van der Waals surface area contributed by atoms with Gasteiger partial charge in [-0.3, -0.25) is 4.90 Å². The van der Waals surface area contributed by atoms with Gasteiger partial charge in [0.1, 0.15) is 5.76 Å². The van der Waals surface area contributed by atoms with E-state index in [-0.39, 0.29) is 0 Å². The van der Waals surface area contributed by atoms with Gasteiger partial charge in [-0.05, 0) is 51.9 Å². The molecular formula is C16H26N2O. The van der Waals surface area contributed by atoms with Crippen molar-refractivity contribution in [3.63, 3.8) is 0 Å². The lowest BCUT2D eigenvalue weighted by Crippen LogP contribution is -2.39. The van der Waals surface area contributed by atoms with Crippen LogP contribution in [0.15, 0.2) is 34.5 Å². The molecule has 1 saturated heterocycles. The lowest BCUT2D eigenvalue weighted by Gasteiger charge is -2.33. The molecule has 1 aromatic rings. The summed E-state index contributed by atoms with van der Waals surface area (Å²) < 4.78 is 5.63. The predicted octanol–water partition coefficient (Wildman–Crippen LogP) is 3.36. The molecule has 1 aromatic heterocycles. The molecule has 0 aliphatic carbocycles. The third-order valence-electron chi connectivity index (χ3n) is 3.70. The lowest BCUT2D eigenvalue weighted by atomic mass is 10.1. The number of hydrogen-bond acceptors (Lipinski definition) is 3. The third kappa shape index (κ3) is 4.51. The predicted molar refractivity (Wildman–Crippen MR) is 79.2 cm³/mol. The van der Waals surface area contributed by atoms with Crippen LogP contribution < -0.4 is 5.32 Å². The van der Waals surface area contributed by atoms with Crippen molar-refractivity contribution in [1.29, 1.82) is 0 Å².